The van der Waals surface area contributed by atoms with Crippen molar-refractivity contribution in [2.24, 2.45) is 0 Å². The molecule has 0 fully saturated rings. The first-order valence-corrected chi connectivity index (χ1v) is 7.24. The fourth-order valence-electron chi connectivity index (χ4n) is 1.52. The van der Waals surface area contributed by atoms with Crippen molar-refractivity contribution in [1.29, 1.82) is 0 Å². The third-order valence-electron chi connectivity index (χ3n) is 2.27. The predicted octanol–water partition coefficient (Wildman–Crippen LogP) is 2.49. The van der Waals surface area contributed by atoms with E-state index in [0.29, 0.717) is 5.75 Å². The molecule has 0 spiro atoms. The van der Waals surface area contributed by atoms with Crippen LogP contribution in [0.25, 0.3) is 0 Å². The smallest absolute Gasteiger partial charge is 0.368 e. The molecule has 1 aromatic rings. The predicted molar refractivity (Wildman–Crippen MR) is 70.1 cm³/mol. The molecule has 0 atom stereocenters. The maximum atomic E-state index is 12.6. The summed E-state index contributed by atoms with van der Waals surface area (Å²) in [6.45, 7) is 3.51. The van der Waals surface area contributed by atoms with Crippen molar-refractivity contribution in [2.75, 3.05) is 20.3 Å². The van der Waals surface area contributed by atoms with E-state index in [1.165, 1.54) is 25.3 Å². The van der Waals surface area contributed by atoms with E-state index in [9.17, 15) is 14.7 Å². The lowest BCUT2D eigenvalue weighted by Crippen LogP contribution is -2.15. The third kappa shape index (κ3) is 3.53. The Bertz CT molecular complexity index is 494. The highest BCUT2D eigenvalue weighted by Gasteiger charge is 2.35. The number of rotatable bonds is 7. The molecule has 0 amide bonds. The van der Waals surface area contributed by atoms with Crippen LogP contribution in [0.15, 0.2) is 18.2 Å². The minimum atomic E-state index is -3.72. The number of hydrogen-bond acceptors (Lipinski definition) is 6. The molecule has 106 valence electrons. The van der Waals surface area contributed by atoms with Gasteiger partial charge in [0.15, 0.2) is 0 Å². The molecule has 0 aliphatic heterocycles. The summed E-state index contributed by atoms with van der Waals surface area (Å²) < 4.78 is 27.8. The fraction of sp³-hybridized carbons (Fsp3) is 0.455. The molecule has 19 heavy (non-hydrogen) atoms. The molecule has 7 nitrogen and oxygen atoms in total. The molecular formula is C11H16NO6P. The summed E-state index contributed by atoms with van der Waals surface area (Å²) in [5, 5.41) is 10.9. The highest BCUT2D eigenvalue weighted by Crippen LogP contribution is 2.49. The quantitative estimate of drug-likeness (QED) is 0.435. The standard InChI is InChI=1S/C11H16NO6P/c1-4-17-19(15,18-5-2)11-8-9(16-3)6-7-10(11)12(13)14/h6-8H,4-5H2,1-3H3. The molecule has 0 aliphatic carbocycles. The maximum absolute atomic E-state index is 12.6. The van der Waals surface area contributed by atoms with E-state index < -0.39 is 12.5 Å². The van der Waals surface area contributed by atoms with Crippen LogP contribution in [0, 0.1) is 10.1 Å². The monoisotopic (exact) mass is 289 g/mol. The molecule has 1 rings (SSSR count). The Morgan fingerprint density at radius 2 is 1.84 bits per heavy atom. The molecule has 0 heterocycles. The first-order valence-electron chi connectivity index (χ1n) is 5.70. The first kappa shape index (κ1) is 15.6. The zero-order chi connectivity index (χ0) is 14.5. The van der Waals surface area contributed by atoms with E-state index in [1.54, 1.807) is 13.8 Å². The van der Waals surface area contributed by atoms with Crippen molar-refractivity contribution >= 4 is 18.6 Å². The zero-order valence-electron chi connectivity index (χ0n) is 11.0. The van der Waals surface area contributed by atoms with Gasteiger partial charge in [-0.05, 0) is 19.9 Å². The Morgan fingerprint density at radius 3 is 2.26 bits per heavy atom. The number of nitro groups is 1. The molecular weight excluding hydrogens is 273 g/mol. The molecule has 0 N–H and O–H groups in total. The number of nitro benzene ring substituents is 1. The van der Waals surface area contributed by atoms with Crippen LogP contribution < -0.4 is 10.0 Å². The topological polar surface area (TPSA) is 87.9 Å². The average Bonchev–Trinajstić information content (AvgIpc) is 2.38. The normalized spacial score (nSPS) is 11.3. The van der Waals surface area contributed by atoms with Gasteiger partial charge in [0.05, 0.1) is 25.2 Å². The van der Waals surface area contributed by atoms with Gasteiger partial charge in [-0.1, -0.05) is 0 Å². The molecule has 0 aliphatic rings. The highest BCUT2D eigenvalue weighted by molar-refractivity contribution is 7.62. The molecule has 0 bridgehead atoms. The largest absolute Gasteiger partial charge is 0.497 e. The van der Waals surface area contributed by atoms with Crippen molar-refractivity contribution in [3.05, 3.63) is 28.3 Å². The van der Waals surface area contributed by atoms with Crippen LogP contribution in [0.5, 0.6) is 5.75 Å². The molecule has 0 radical (unpaired) electrons. The van der Waals surface area contributed by atoms with Crippen LogP contribution in [0.4, 0.5) is 5.69 Å². The Labute approximate surface area is 111 Å². The van der Waals surface area contributed by atoms with Gasteiger partial charge in [-0.15, -0.1) is 0 Å². The van der Waals surface area contributed by atoms with Crippen LogP contribution in [0.1, 0.15) is 13.8 Å². The Kier molecular flexibility index (Phi) is 5.47. The Hall–Kier alpha value is -1.43. The lowest BCUT2D eigenvalue weighted by atomic mass is 10.3. The lowest BCUT2D eigenvalue weighted by molar-refractivity contribution is -0.383. The fourth-order valence-corrected chi connectivity index (χ4v) is 3.27. The summed E-state index contributed by atoms with van der Waals surface area (Å²) in [5.74, 6) is 0.347. The Balaban J connectivity index is 3.41. The molecule has 0 saturated carbocycles. The van der Waals surface area contributed by atoms with E-state index >= 15 is 0 Å². The number of nitrogens with zero attached hydrogens (tertiary/aromatic N) is 1. The second-order valence-corrected chi connectivity index (χ2v) is 5.44. The maximum Gasteiger partial charge on any atom is 0.368 e. The Morgan fingerprint density at radius 1 is 1.26 bits per heavy atom. The van der Waals surface area contributed by atoms with Crippen molar-refractivity contribution in [2.45, 2.75) is 13.8 Å². The summed E-state index contributed by atoms with van der Waals surface area (Å²) in [5.41, 5.74) is -0.314. The summed E-state index contributed by atoms with van der Waals surface area (Å²) in [6, 6.07) is 3.95. The molecule has 0 aromatic heterocycles. The van der Waals surface area contributed by atoms with Gasteiger partial charge in [-0.3, -0.25) is 14.7 Å². The summed E-state index contributed by atoms with van der Waals surface area (Å²) in [7, 11) is -2.31. The molecule has 0 unspecified atom stereocenters. The van der Waals surface area contributed by atoms with Crippen LogP contribution >= 0.6 is 7.60 Å². The van der Waals surface area contributed by atoms with E-state index in [2.05, 4.69) is 0 Å². The van der Waals surface area contributed by atoms with Crippen LogP contribution in [0.2, 0.25) is 0 Å². The average molecular weight is 289 g/mol. The number of hydrogen-bond donors (Lipinski definition) is 0. The minimum absolute atomic E-state index is 0.0967. The van der Waals surface area contributed by atoms with Crippen molar-refractivity contribution in [1.82, 2.24) is 0 Å². The van der Waals surface area contributed by atoms with Crippen LogP contribution in [-0.4, -0.2) is 25.2 Å². The summed E-state index contributed by atoms with van der Waals surface area (Å²) in [4.78, 5) is 10.4. The first-order chi connectivity index (χ1) is 8.98. The number of methoxy groups -OCH3 is 1. The van der Waals surface area contributed by atoms with Crippen molar-refractivity contribution in [3.8, 4) is 5.75 Å². The van der Waals surface area contributed by atoms with Gasteiger partial charge >= 0.3 is 7.60 Å². The van der Waals surface area contributed by atoms with Gasteiger partial charge in [0.25, 0.3) is 5.69 Å². The molecule has 1 aromatic carbocycles. The highest BCUT2D eigenvalue weighted by atomic mass is 31.2. The van der Waals surface area contributed by atoms with E-state index in [-0.39, 0.29) is 24.2 Å². The third-order valence-corrected chi connectivity index (χ3v) is 4.42. The van der Waals surface area contributed by atoms with E-state index in [4.69, 9.17) is 13.8 Å². The van der Waals surface area contributed by atoms with Gasteiger partial charge in [0, 0.05) is 12.1 Å². The summed E-state index contributed by atoms with van der Waals surface area (Å²) >= 11 is 0. The van der Waals surface area contributed by atoms with Crippen LogP contribution in [0.3, 0.4) is 0 Å². The van der Waals surface area contributed by atoms with Gasteiger partial charge in [-0.25, -0.2) is 0 Å². The van der Waals surface area contributed by atoms with Gasteiger partial charge in [-0.2, -0.15) is 0 Å². The van der Waals surface area contributed by atoms with Gasteiger partial charge in [0.1, 0.15) is 11.1 Å². The van der Waals surface area contributed by atoms with Crippen molar-refractivity contribution < 1.29 is 23.3 Å². The van der Waals surface area contributed by atoms with E-state index in [0.717, 1.165) is 0 Å². The zero-order valence-corrected chi connectivity index (χ0v) is 11.9. The molecule has 0 saturated heterocycles. The SMILES string of the molecule is CCOP(=O)(OCC)c1cc(OC)ccc1[N+](=O)[O-]. The van der Waals surface area contributed by atoms with Gasteiger partial charge in [0.2, 0.25) is 0 Å². The summed E-state index contributed by atoms with van der Waals surface area (Å²) in [6.07, 6.45) is 0. The molecule has 8 heteroatoms. The van der Waals surface area contributed by atoms with Gasteiger partial charge < -0.3 is 13.8 Å². The van der Waals surface area contributed by atoms with E-state index in [1.807, 2.05) is 0 Å². The lowest BCUT2D eigenvalue weighted by Gasteiger charge is -2.17. The minimum Gasteiger partial charge on any atom is -0.497 e. The number of benzene rings is 1. The second kappa shape index (κ2) is 6.65. The second-order valence-electron chi connectivity index (χ2n) is 3.44. The van der Waals surface area contributed by atoms with Crippen LogP contribution in [-0.2, 0) is 13.6 Å². The number of ether oxygens (including phenoxy) is 1. The van der Waals surface area contributed by atoms with Crippen molar-refractivity contribution in [3.63, 3.8) is 0 Å².